The topological polar surface area (TPSA) is 81.2 Å². The molecule has 2 saturated heterocycles. The van der Waals surface area contributed by atoms with Crippen molar-refractivity contribution in [2.75, 3.05) is 52.1 Å². The van der Waals surface area contributed by atoms with Crippen LogP contribution < -0.4 is 0 Å². The summed E-state index contributed by atoms with van der Waals surface area (Å²) in [4.78, 5) is 15.9. The molecule has 2 rings (SSSR count). The van der Waals surface area contributed by atoms with Gasteiger partial charge in [-0.1, -0.05) is 0 Å². The van der Waals surface area contributed by atoms with Gasteiger partial charge in [-0.2, -0.15) is 4.31 Å². The fourth-order valence-electron chi connectivity index (χ4n) is 2.85. The molecule has 2 fully saturated rings. The van der Waals surface area contributed by atoms with Crippen LogP contribution in [0.2, 0.25) is 0 Å². The predicted octanol–water partition coefficient (Wildman–Crippen LogP) is -1.45. The molecular formula is C12H23N3O4S. The van der Waals surface area contributed by atoms with Gasteiger partial charge >= 0.3 is 0 Å². The normalized spacial score (nSPS) is 26.1. The van der Waals surface area contributed by atoms with Crippen molar-refractivity contribution in [3.05, 3.63) is 0 Å². The molecule has 1 atom stereocenters. The Hall–Kier alpha value is -0.700. The molecule has 1 N–H and O–H groups in total. The first kappa shape index (κ1) is 15.7. The zero-order valence-electron chi connectivity index (χ0n) is 11.9. The molecule has 1 amide bonds. The van der Waals surface area contributed by atoms with Crippen LogP contribution >= 0.6 is 0 Å². The fourth-order valence-corrected chi connectivity index (χ4v) is 3.68. The summed E-state index contributed by atoms with van der Waals surface area (Å²) in [5.74, 6) is 0.0264. The van der Waals surface area contributed by atoms with Gasteiger partial charge in [-0.25, -0.2) is 8.42 Å². The van der Waals surface area contributed by atoms with Gasteiger partial charge in [-0.05, 0) is 19.4 Å². The number of amides is 1. The number of likely N-dealkylation sites (tertiary alicyclic amines) is 1. The molecule has 2 aliphatic rings. The van der Waals surface area contributed by atoms with Gasteiger partial charge < -0.3 is 10.0 Å². The van der Waals surface area contributed by atoms with Gasteiger partial charge in [0.05, 0.1) is 19.4 Å². The lowest BCUT2D eigenvalue weighted by Gasteiger charge is -2.34. The molecule has 7 nitrogen and oxygen atoms in total. The molecule has 2 heterocycles. The molecule has 116 valence electrons. The second-order valence-electron chi connectivity index (χ2n) is 5.49. The van der Waals surface area contributed by atoms with E-state index in [1.54, 1.807) is 4.90 Å². The van der Waals surface area contributed by atoms with E-state index in [9.17, 15) is 18.3 Å². The van der Waals surface area contributed by atoms with Crippen LogP contribution in [0.4, 0.5) is 0 Å². The minimum Gasteiger partial charge on any atom is -0.395 e. The summed E-state index contributed by atoms with van der Waals surface area (Å²) in [6.07, 6.45) is 3.15. The number of aliphatic hydroxyl groups excluding tert-OH is 1. The first-order valence-electron chi connectivity index (χ1n) is 6.99. The smallest absolute Gasteiger partial charge is 0.236 e. The van der Waals surface area contributed by atoms with Crippen LogP contribution in [0.25, 0.3) is 0 Å². The number of aliphatic hydroxyl groups is 1. The van der Waals surface area contributed by atoms with Crippen LogP contribution in [0.5, 0.6) is 0 Å². The maximum Gasteiger partial charge on any atom is 0.236 e. The molecule has 0 spiro atoms. The van der Waals surface area contributed by atoms with E-state index < -0.39 is 10.0 Å². The fraction of sp³-hybridized carbons (Fsp3) is 0.917. The number of hydrogen-bond donors (Lipinski definition) is 1. The average molecular weight is 305 g/mol. The Morgan fingerprint density at radius 3 is 2.40 bits per heavy atom. The molecule has 0 bridgehead atoms. The Morgan fingerprint density at radius 1 is 1.20 bits per heavy atom. The number of sulfonamides is 1. The van der Waals surface area contributed by atoms with Crippen molar-refractivity contribution >= 4 is 15.9 Å². The minimum atomic E-state index is -3.16. The lowest BCUT2D eigenvalue weighted by atomic mass is 10.2. The third-order valence-electron chi connectivity index (χ3n) is 4.11. The third-order valence-corrected chi connectivity index (χ3v) is 5.41. The zero-order chi connectivity index (χ0) is 14.8. The minimum absolute atomic E-state index is 0.0264. The average Bonchev–Trinajstić information content (AvgIpc) is 2.85. The molecule has 0 aromatic carbocycles. The molecule has 0 saturated carbocycles. The summed E-state index contributed by atoms with van der Waals surface area (Å²) in [5.41, 5.74) is 0. The van der Waals surface area contributed by atoms with Gasteiger partial charge in [0.2, 0.25) is 15.9 Å². The number of rotatable bonds is 4. The first-order valence-corrected chi connectivity index (χ1v) is 8.84. The quantitative estimate of drug-likeness (QED) is 0.687. The lowest BCUT2D eigenvalue weighted by Crippen LogP contribution is -2.52. The molecule has 0 aromatic rings. The Kier molecular flexibility index (Phi) is 5.00. The summed E-state index contributed by atoms with van der Waals surface area (Å²) in [6, 6.07) is 0.0938. The van der Waals surface area contributed by atoms with Crippen LogP contribution in [0.1, 0.15) is 12.8 Å². The van der Waals surface area contributed by atoms with E-state index in [1.807, 2.05) is 4.90 Å². The van der Waals surface area contributed by atoms with Crippen LogP contribution in [0.3, 0.4) is 0 Å². The van der Waals surface area contributed by atoms with E-state index in [2.05, 4.69) is 0 Å². The van der Waals surface area contributed by atoms with Gasteiger partial charge in [0, 0.05) is 32.2 Å². The highest BCUT2D eigenvalue weighted by atomic mass is 32.2. The highest BCUT2D eigenvalue weighted by Gasteiger charge is 2.30. The molecule has 0 aliphatic carbocycles. The number of hydrogen-bond acceptors (Lipinski definition) is 5. The highest BCUT2D eigenvalue weighted by Crippen LogP contribution is 2.16. The Morgan fingerprint density at radius 2 is 1.85 bits per heavy atom. The number of carbonyl (C=O) groups is 1. The second kappa shape index (κ2) is 6.38. The summed E-state index contributed by atoms with van der Waals surface area (Å²) >= 11 is 0. The van der Waals surface area contributed by atoms with E-state index in [1.165, 1.54) is 10.6 Å². The summed E-state index contributed by atoms with van der Waals surface area (Å²) < 4.78 is 24.2. The van der Waals surface area contributed by atoms with Crippen molar-refractivity contribution in [3.63, 3.8) is 0 Å². The molecule has 0 aromatic heterocycles. The highest BCUT2D eigenvalue weighted by molar-refractivity contribution is 7.88. The molecule has 0 radical (unpaired) electrons. The van der Waals surface area contributed by atoms with Crippen molar-refractivity contribution in [2.24, 2.45) is 0 Å². The Labute approximate surface area is 120 Å². The zero-order valence-corrected chi connectivity index (χ0v) is 12.7. The van der Waals surface area contributed by atoms with Crippen LogP contribution in [0.15, 0.2) is 0 Å². The maximum absolute atomic E-state index is 12.2. The van der Waals surface area contributed by atoms with Crippen molar-refractivity contribution in [2.45, 2.75) is 18.9 Å². The number of carbonyl (C=O) groups excluding carboxylic acids is 1. The van der Waals surface area contributed by atoms with Gasteiger partial charge in [0.1, 0.15) is 0 Å². The van der Waals surface area contributed by atoms with Gasteiger partial charge in [-0.15, -0.1) is 0 Å². The summed E-state index contributed by atoms with van der Waals surface area (Å²) in [6.45, 7) is 2.90. The summed E-state index contributed by atoms with van der Waals surface area (Å²) in [7, 11) is -3.16. The molecule has 8 heteroatoms. The van der Waals surface area contributed by atoms with Crippen LogP contribution in [-0.2, 0) is 14.8 Å². The number of nitrogens with zero attached hydrogens (tertiary/aromatic N) is 3. The molecular weight excluding hydrogens is 282 g/mol. The molecule has 2 aliphatic heterocycles. The van der Waals surface area contributed by atoms with Crippen molar-refractivity contribution in [3.8, 4) is 0 Å². The van der Waals surface area contributed by atoms with E-state index >= 15 is 0 Å². The van der Waals surface area contributed by atoms with E-state index in [0.717, 1.165) is 19.4 Å². The van der Waals surface area contributed by atoms with Crippen molar-refractivity contribution < 1.29 is 18.3 Å². The van der Waals surface area contributed by atoms with Crippen molar-refractivity contribution in [1.82, 2.24) is 14.1 Å². The van der Waals surface area contributed by atoms with Gasteiger partial charge in [0.15, 0.2) is 0 Å². The summed E-state index contributed by atoms with van der Waals surface area (Å²) in [5, 5.41) is 9.24. The molecule has 0 unspecified atom stereocenters. The standard InChI is InChI=1S/C12H23N3O4S/c1-20(18,19)15-7-5-13(6-8-15)12(17)9-14-4-2-3-11(14)10-16/h11,16H,2-10H2,1H3/t11-/m1/s1. The Bertz CT molecular complexity index is 446. The van der Waals surface area contributed by atoms with E-state index in [-0.39, 0.29) is 18.6 Å². The number of piperazine rings is 1. The van der Waals surface area contributed by atoms with Gasteiger partial charge in [-0.3, -0.25) is 9.69 Å². The Balaban J connectivity index is 1.83. The lowest BCUT2D eigenvalue weighted by molar-refractivity contribution is -0.134. The molecule has 20 heavy (non-hydrogen) atoms. The van der Waals surface area contributed by atoms with Crippen molar-refractivity contribution in [1.29, 1.82) is 0 Å². The largest absolute Gasteiger partial charge is 0.395 e. The monoisotopic (exact) mass is 305 g/mol. The maximum atomic E-state index is 12.2. The van der Waals surface area contributed by atoms with E-state index in [4.69, 9.17) is 0 Å². The van der Waals surface area contributed by atoms with Crippen LogP contribution in [-0.4, -0.2) is 91.7 Å². The SMILES string of the molecule is CS(=O)(=O)N1CCN(C(=O)CN2CCC[C@@H]2CO)CC1. The third kappa shape index (κ3) is 3.69. The first-order chi connectivity index (χ1) is 9.41. The van der Waals surface area contributed by atoms with E-state index in [0.29, 0.717) is 32.7 Å². The second-order valence-corrected chi connectivity index (χ2v) is 7.47. The van der Waals surface area contributed by atoms with Gasteiger partial charge in [0.25, 0.3) is 0 Å². The predicted molar refractivity (Wildman–Crippen MR) is 74.7 cm³/mol. The van der Waals surface area contributed by atoms with Crippen LogP contribution in [0, 0.1) is 0 Å².